The topological polar surface area (TPSA) is 49.2 Å². The Morgan fingerprint density at radius 3 is 2.28 bits per heavy atom. The first-order chi connectivity index (χ1) is 13.8. The van der Waals surface area contributed by atoms with Crippen molar-refractivity contribution in [3.05, 3.63) is 64.3 Å². The number of phenols is 1. The van der Waals surface area contributed by atoms with Crippen LogP contribution in [0, 0.1) is 6.92 Å². The number of thiophene rings is 1. The fourth-order valence-corrected chi connectivity index (χ4v) is 4.75. The normalized spacial score (nSPS) is 11.4. The fraction of sp³-hybridized carbons (Fsp3) is 0.217. The molecule has 4 rings (SSSR count). The molecule has 0 aliphatic rings. The van der Waals surface area contributed by atoms with Gasteiger partial charge in [0.15, 0.2) is 0 Å². The van der Waals surface area contributed by atoms with E-state index in [0.717, 1.165) is 32.8 Å². The minimum atomic E-state index is 0.223. The first-order valence-corrected chi connectivity index (χ1v) is 10.6. The zero-order chi connectivity index (χ0) is 20.7. The second-order valence-corrected chi connectivity index (χ2v) is 8.92. The largest absolute Gasteiger partial charge is 0.508 e. The Balaban J connectivity index is 1.92. The highest BCUT2D eigenvalue weighted by Crippen LogP contribution is 2.43. The predicted octanol–water partition coefficient (Wildman–Crippen LogP) is 6.92. The van der Waals surface area contributed by atoms with Gasteiger partial charge in [0.05, 0.1) is 5.39 Å². The van der Waals surface area contributed by atoms with Crippen molar-refractivity contribution in [3.8, 4) is 16.9 Å². The third kappa shape index (κ3) is 3.68. The van der Waals surface area contributed by atoms with E-state index in [1.54, 1.807) is 23.5 Å². The number of fused-ring (bicyclic) bond motifs is 1. The maximum atomic E-state index is 9.62. The van der Waals surface area contributed by atoms with Crippen LogP contribution in [0.4, 0.5) is 11.5 Å². The van der Waals surface area contributed by atoms with Gasteiger partial charge in [-0.25, -0.2) is 4.98 Å². The molecule has 4 nitrogen and oxygen atoms in total. The number of aryl methyl sites for hydroxylation is 1. The lowest BCUT2D eigenvalue weighted by molar-refractivity contribution is 0.475. The number of hydrogen-bond acceptors (Lipinski definition) is 5. The summed E-state index contributed by atoms with van der Waals surface area (Å²) in [4.78, 5) is 13.1. The van der Waals surface area contributed by atoms with E-state index in [0.29, 0.717) is 5.92 Å². The van der Waals surface area contributed by atoms with E-state index < -0.39 is 0 Å². The summed E-state index contributed by atoms with van der Waals surface area (Å²) in [6.07, 6.45) is 0. The molecule has 2 heterocycles. The number of benzene rings is 2. The molecule has 1 N–H and O–H groups in total. The van der Waals surface area contributed by atoms with Crippen LogP contribution in [0.2, 0.25) is 5.28 Å². The van der Waals surface area contributed by atoms with Gasteiger partial charge in [-0.15, -0.1) is 11.3 Å². The van der Waals surface area contributed by atoms with Gasteiger partial charge in [-0.2, -0.15) is 4.98 Å². The minimum absolute atomic E-state index is 0.223. The Hall–Kier alpha value is -2.63. The van der Waals surface area contributed by atoms with E-state index >= 15 is 0 Å². The van der Waals surface area contributed by atoms with Gasteiger partial charge in [0.1, 0.15) is 16.4 Å². The molecule has 2 aromatic carbocycles. The minimum Gasteiger partial charge on any atom is -0.508 e. The number of hydrogen-bond donors (Lipinski definition) is 1. The SMILES string of the molecule is Cc1sc2nc(Cl)nc(N(C)c3ccc(O)cc3)c2c1-c1ccc(C(C)C)cc1. The molecule has 0 saturated heterocycles. The van der Waals surface area contributed by atoms with Crippen molar-refractivity contribution in [3.63, 3.8) is 0 Å². The van der Waals surface area contributed by atoms with Gasteiger partial charge in [-0.3, -0.25) is 0 Å². The van der Waals surface area contributed by atoms with E-state index in [2.05, 4.69) is 55.0 Å². The Labute approximate surface area is 179 Å². The highest BCUT2D eigenvalue weighted by molar-refractivity contribution is 7.19. The van der Waals surface area contributed by atoms with Crippen molar-refractivity contribution in [1.29, 1.82) is 0 Å². The second kappa shape index (κ2) is 7.65. The lowest BCUT2D eigenvalue weighted by Crippen LogP contribution is -2.12. The molecule has 4 aromatic rings. The molecule has 0 amide bonds. The Morgan fingerprint density at radius 1 is 1.00 bits per heavy atom. The maximum absolute atomic E-state index is 9.62. The molecular formula is C23H22ClN3OS. The molecule has 0 spiro atoms. The van der Waals surface area contributed by atoms with Gasteiger partial charge < -0.3 is 10.0 Å². The molecule has 0 saturated carbocycles. The molecule has 0 radical (unpaired) electrons. The summed E-state index contributed by atoms with van der Waals surface area (Å²) in [6.45, 7) is 6.50. The molecule has 0 atom stereocenters. The summed E-state index contributed by atoms with van der Waals surface area (Å²) < 4.78 is 0. The highest BCUT2D eigenvalue weighted by Gasteiger charge is 2.21. The first-order valence-electron chi connectivity index (χ1n) is 9.45. The van der Waals surface area contributed by atoms with Crippen LogP contribution in [0.15, 0.2) is 48.5 Å². The van der Waals surface area contributed by atoms with Crippen molar-refractivity contribution in [2.75, 3.05) is 11.9 Å². The van der Waals surface area contributed by atoms with Crippen LogP contribution >= 0.6 is 22.9 Å². The zero-order valence-corrected chi connectivity index (χ0v) is 18.3. The number of phenolic OH excluding ortho intramolecular Hbond substituents is 1. The fourth-order valence-electron chi connectivity index (χ4n) is 3.49. The standard InChI is InChI=1S/C23H22ClN3OS/c1-13(2)15-5-7-16(8-6-15)19-14(3)29-22-20(19)21(25-23(24)26-22)27(4)17-9-11-18(28)12-10-17/h5-13,28H,1-4H3. The van der Waals surface area contributed by atoms with Crippen LogP contribution in [0.1, 0.15) is 30.2 Å². The van der Waals surface area contributed by atoms with E-state index in [1.807, 2.05) is 24.1 Å². The first kappa shape index (κ1) is 19.7. The van der Waals surface area contributed by atoms with Gasteiger partial charge in [-0.1, -0.05) is 38.1 Å². The molecule has 0 bridgehead atoms. The van der Waals surface area contributed by atoms with Crippen molar-refractivity contribution in [2.24, 2.45) is 0 Å². The van der Waals surface area contributed by atoms with Crippen molar-refractivity contribution < 1.29 is 5.11 Å². The molecule has 0 aliphatic carbocycles. The molecular weight excluding hydrogens is 402 g/mol. The third-order valence-electron chi connectivity index (χ3n) is 5.10. The molecule has 148 valence electrons. The van der Waals surface area contributed by atoms with Gasteiger partial charge in [0, 0.05) is 23.2 Å². The van der Waals surface area contributed by atoms with Crippen molar-refractivity contribution in [1.82, 2.24) is 9.97 Å². The van der Waals surface area contributed by atoms with Gasteiger partial charge in [-0.05, 0) is 59.8 Å². The summed E-state index contributed by atoms with van der Waals surface area (Å²) in [6, 6.07) is 15.7. The van der Waals surface area contributed by atoms with E-state index in [-0.39, 0.29) is 11.0 Å². The molecule has 0 fully saturated rings. The Morgan fingerprint density at radius 2 is 1.66 bits per heavy atom. The van der Waals surface area contributed by atoms with Crippen LogP contribution in [-0.2, 0) is 0 Å². The average Bonchev–Trinajstić information content (AvgIpc) is 3.02. The molecule has 6 heteroatoms. The van der Waals surface area contributed by atoms with E-state index in [4.69, 9.17) is 11.6 Å². The predicted molar refractivity (Wildman–Crippen MR) is 123 cm³/mol. The summed E-state index contributed by atoms with van der Waals surface area (Å²) in [7, 11) is 1.95. The number of halogens is 1. The lowest BCUT2D eigenvalue weighted by atomic mass is 9.97. The van der Waals surface area contributed by atoms with Gasteiger partial charge >= 0.3 is 0 Å². The van der Waals surface area contributed by atoms with Crippen LogP contribution < -0.4 is 4.90 Å². The van der Waals surface area contributed by atoms with Crippen LogP contribution in [-0.4, -0.2) is 22.1 Å². The quantitative estimate of drug-likeness (QED) is 0.362. The monoisotopic (exact) mass is 423 g/mol. The number of aromatic nitrogens is 2. The molecule has 0 unspecified atom stereocenters. The van der Waals surface area contributed by atoms with Crippen molar-refractivity contribution in [2.45, 2.75) is 26.7 Å². The Bertz CT molecular complexity index is 1170. The van der Waals surface area contributed by atoms with Gasteiger partial charge in [0.2, 0.25) is 5.28 Å². The second-order valence-electron chi connectivity index (χ2n) is 7.38. The van der Waals surface area contributed by atoms with Gasteiger partial charge in [0.25, 0.3) is 0 Å². The van der Waals surface area contributed by atoms with E-state index in [1.165, 1.54) is 10.4 Å². The number of rotatable bonds is 4. The van der Waals surface area contributed by atoms with E-state index in [9.17, 15) is 5.11 Å². The van der Waals surface area contributed by atoms with Crippen LogP contribution in [0.25, 0.3) is 21.3 Å². The summed E-state index contributed by atoms with van der Waals surface area (Å²) in [5.41, 5.74) is 4.50. The molecule has 0 aliphatic heterocycles. The third-order valence-corrected chi connectivity index (χ3v) is 6.27. The smallest absolute Gasteiger partial charge is 0.225 e. The highest BCUT2D eigenvalue weighted by atomic mass is 35.5. The summed E-state index contributed by atoms with van der Waals surface area (Å²) >= 11 is 7.89. The maximum Gasteiger partial charge on any atom is 0.225 e. The Kier molecular flexibility index (Phi) is 5.19. The summed E-state index contributed by atoms with van der Waals surface area (Å²) in [5, 5.41) is 10.8. The van der Waals surface area contributed by atoms with Crippen LogP contribution in [0.5, 0.6) is 5.75 Å². The summed E-state index contributed by atoms with van der Waals surface area (Å²) in [5.74, 6) is 1.46. The molecule has 2 aromatic heterocycles. The number of aromatic hydroxyl groups is 1. The average molecular weight is 424 g/mol. The molecule has 29 heavy (non-hydrogen) atoms. The zero-order valence-electron chi connectivity index (χ0n) is 16.8. The number of nitrogens with zero attached hydrogens (tertiary/aromatic N) is 3. The van der Waals surface area contributed by atoms with Crippen LogP contribution in [0.3, 0.4) is 0 Å². The number of anilines is 2. The lowest BCUT2D eigenvalue weighted by Gasteiger charge is -2.20. The van der Waals surface area contributed by atoms with Crippen molar-refractivity contribution >= 4 is 44.7 Å².